The second-order valence-corrected chi connectivity index (χ2v) is 4.21. The number of methoxy groups -OCH3 is 2. The predicted octanol–water partition coefficient (Wildman–Crippen LogP) is 0.955. The third-order valence-electron chi connectivity index (χ3n) is 3.18. The van der Waals surface area contributed by atoms with E-state index in [9.17, 15) is 0 Å². The Morgan fingerprint density at radius 3 is 1.94 bits per heavy atom. The van der Waals surface area contributed by atoms with Crippen LogP contribution in [-0.2, 0) is 9.47 Å². The molecule has 0 aromatic rings. The number of hydrogen-bond donors (Lipinski definition) is 1. The monoisotopic (exact) mass is 232 g/mol. The van der Waals surface area contributed by atoms with Crippen LogP contribution in [0.5, 0.6) is 0 Å². The molecule has 0 amide bonds. The van der Waals surface area contributed by atoms with E-state index in [0.29, 0.717) is 18.5 Å². The van der Waals surface area contributed by atoms with Gasteiger partial charge in [0.05, 0.1) is 13.2 Å². The van der Waals surface area contributed by atoms with E-state index < -0.39 is 0 Å². The first-order chi connectivity index (χ1) is 7.71. The van der Waals surface area contributed by atoms with E-state index in [4.69, 9.17) is 15.2 Å². The molecule has 0 saturated carbocycles. The Morgan fingerprint density at radius 1 is 1.12 bits per heavy atom. The van der Waals surface area contributed by atoms with Gasteiger partial charge >= 0.3 is 0 Å². The second-order valence-electron chi connectivity index (χ2n) is 4.21. The average Bonchev–Trinajstić information content (AvgIpc) is 2.32. The normalized spacial score (nSPS) is 15.4. The summed E-state index contributed by atoms with van der Waals surface area (Å²) in [6, 6.07) is 0.426. The van der Waals surface area contributed by atoms with Crippen molar-refractivity contribution in [1.82, 2.24) is 4.90 Å². The summed E-state index contributed by atoms with van der Waals surface area (Å²) in [6.07, 6.45) is 1.15. The summed E-state index contributed by atoms with van der Waals surface area (Å²) >= 11 is 0. The minimum absolute atomic E-state index is 0.426. The first kappa shape index (κ1) is 15.8. The lowest BCUT2D eigenvalue weighted by Crippen LogP contribution is -2.47. The lowest BCUT2D eigenvalue weighted by atomic mass is 9.97. The van der Waals surface area contributed by atoms with Crippen LogP contribution in [0.15, 0.2) is 0 Å². The molecule has 0 aliphatic carbocycles. The summed E-state index contributed by atoms with van der Waals surface area (Å²) < 4.78 is 10.3. The largest absolute Gasteiger partial charge is 0.383 e. The number of nitrogens with two attached hydrogens (primary N) is 1. The van der Waals surface area contributed by atoms with Gasteiger partial charge < -0.3 is 15.2 Å². The Hall–Kier alpha value is -0.160. The van der Waals surface area contributed by atoms with Crippen LogP contribution in [0.3, 0.4) is 0 Å². The maximum atomic E-state index is 5.87. The zero-order valence-corrected chi connectivity index (χ0v) is 11.2. The molecular weight excluding hydrogens is 204 g/mol. The topological polar surface area (TPSA) is 47.7 Å². The fourth-order valence-electron chi connectivity index (χ4n) is 1.87. The standard InChI is InChI=1S/C12H28N2O2/c1-5-11(2)12(10-13)14(6-8-15-3)7-9-16-4/h11-12H,5-10,13H2,1-4H3. The predicted molar refractivity (Wildman–Crippen MR) is 67.6 cm³/mol. The summed E-state index contributed by atoms with van der Waals surface area (Å²) in [7, 11) is 3.46. The summed E-state index contributed by atoms with van der Waals surface area (Å²) in [4.78, 5) is 2.38. The van der Waals surface area contributed by atoms with Crippen molar-refractivity contribution in [3.63, 3.8) is 0 Å². The van der Waals surface area contributed by atoms with Crippen LogP contribution in [0.25, 0.3) is 0 Å². The van der Waals surface area contributed by atoms with Crippen molar-refractivity contribution in [3.05, 3.63) is 0 Å². The van der Waals surface area contributed by atoms with Gasteiger partial charge in [-0.25, -0.2) is 0 Å². The molecule has 0 heterocycles. The highest BCUT2D eigenvalue weighted by Gasteiger charge is 2.21. The summed E-state index contributed by atoms with van der Waals surface area (Å²) in [5, 5.41) is 0. The van der Waals surface area contributed by atoms with Crippen LogP contribution in [0.1, 0.15) is 20.3 Å². The zero-order valence-electron chi connectivity index (χ0n) is 11.2. The lowest BCUT2D eigenvalue weighted by molar-refractivity contribution is 0.0709. The number of rotatable bonds is 10. The van der Waals surface area contributed by atoms with Gasteiger partial charge in [-0.1, -0.05) is 20.3 Å². The van der Waals surface area contributed by atoms with Crippen LogP contribution >= 0.6 is 0 Å². The van der Waals surface area contributed by atoms with Crippen LogP contribution in [0.2, 0.25) is 0 Å². The van der Waals surface area contributed by atoms with E-state index in [1.807, 2.05) is 0 Å². The van der Waals surface area contributed by atoms with E-state index in [0.717, 1.165) is 32.7 Å². The number of hydrogen-bond acceptors (Lipinski definition) is 4. The Morgan fingerprint density at radius 2 is 1.62 bits per heavy atom. The molecule has 4 heteroatoms. The van der Waals surface area contributed by atoms with Crippen molar-refractivity contribution < 1.29 is 9.47 Å². The summed E-state index contributed by atoms with van der Waals surface area (Å²) in [6.45, 7) is 8.50. The van der Waals surface area contributed by atoms with E-state index >= 15 is 0 Å². The van der Waals surface area contributed by atoms with Gasteiger partial charge in [0.15, 0.2) is 0 Å². The highest BCUT2D eigenvalue weighted by Crippen LogP contribution is 2.13. The van der Waals surface area contributed by atoms with Gasteiger partial charge in [0, 0.05) is 39.9 Å². The fourth-order valence-corrected chi connectivity index (χ4v) is 1.87. The number of ether oxygens (including phenoxy) is 2. The van der Waals surface area contributed by atoms with Gasteiger partial charge in [-0.3, -0.25) is 4.90 Å². The van der Waals surface area contributed by atoms with Crippen molar-refractivity contribution in [1.29, 1.82) is 0 Å². The molecule has 0 aliphatic rings. The fraction of sp³-hybridized carbons (Fsp3) is 1.00. The quantitative estimate of drug-likeness (QED) is 0.609. The van der Waals surface area contributed by atoms with E-state index in [-0.39, 0.29) is 0 Å². The van der Waals surface area contributed by atoms with Crippen LogP contribution in [-0.4, -0.2) is 58.0 Å². The molecule has 0 aromatic carbocycles. The smallest absolute Gasteiger partial charge is 0.0589 e. The van der Waals surface area contributed by atoms with Gasteiger partial charge in [0.2, 0.25) is 0 Å². The Bertz CT molecular complexity index is 148. The van der Waals surface area contributed by atoms with Gasteiger partial charge in [-0.15, -0.1) is 0 Å². The van der Waals surface area contributed by atoms with Gasteiger partial charge in [0.25, 0.3) is 0 Å². The molecule has 0 bridgehead atoms. The van der Waals surface area contributed by atoms with Crippen molar-refractivity contribution in [3.8, 4) is 0 Å². The van der Waals surface area contributed by atoms with Crippen LogP contribution < -0.4 is 5.73 Å². The maximum absolute atomic E-state index is 5.87. The Labute approximate surface area is 100 Å². The van der Waals surface area contributed by atoms with Gasteiger partial charge in [-0.05, 0) is 5.92 Å². The van der Waals surface area contributed by atoms with Crippen LogP contribution in [0, 0.1) is 5.92 Å². The molecule has 4 nitrogen and oxygen atoms in total. The third kappa shape index (κ3) is 5.80. The van der Waals surface area contributed by atoms with Gasteiger partial charge in [0.1, 0.15) is 0 Å². The molecule has 16 heavy (non-hydrogen) atoms. The molecule has 0 aromatic heterocycles. The summed E-state index contributed by atoms with van der Waals surface area (Å²) in [5.74, 6) is 0.610. The highest BCUT2D eigenvalue weighted by molar-refractivity contribution is 4.77. The first-order valence-corrected chi connectivity index (χ1v) is 6.13. The molecular formula is C12H28N2O2. The van der Waals surface area contributed by atoms with Crippen molar-refractivity contribution >= 4 is 0 Å². The molecule has 0 fully saturated rings. The van der Waals surface area contributed by atoms with E-state index in [1.165, 1.54) is 0 Å². The SMILES string of the molecule is CCC(C)C(CN)N(CCOC)CCOC. The third-order valence-corrected chi connectivity index (χ3v) is 3.18. The summed E-state index contributed by atoms with van der Waals surface area (Å²) in [5.41, 5.74) is 5.87. The lowest BCUT2D eigenvalue weighted by Gasteiger charge is -2.34. The second kappa shape index (κ2) is 10.0. The maximum Gasteiger partial charge on any atom is 0.0589 e. The minimum atomic E-state index is 0.426. The molecule has 0 saturated heterocycles. The number of nitrogens with zero attached hydrogens (tertiary/aromatic N) is 1. The van der Waals surface area contributed by atoms with Crippen molar-refractivity contribution in [2.75, 3.05) is 47.1 Å². The first-order valence-electron chi connectivity index (χ1n) is 6.13. The van der Waals surface area contributed by atoms with Crippen molar-refractivity contribution in [2.24, 2.45) is 11.7 Å². The van der Waals surface area contributed by atoms with Crippen molar-refractivity contribution in [2.45, 2.75) is 26.3 Å². The van der Waals surface area contributed by atoms with E-state index in [2.05, 4.69) is 18.7 Å². The van der Waals surface area contributed by atoms with Crippen LogP contribution in [0.4, 0.5) is 0 Å². The average molecular weight is 232 g/mol. The molecule has 0 radical (unpaired) electrons. The molecule has 2 unspecified atom stereocenters. The molecule has 0 spiro atoms. The molecule has 2 N–H and O–H groups in total. The zero-order chi connectivity index (χ0) is 12.4. The minimum Gasteiger partial charge on any atom is -0.383 e. The van der Waals surface area contributed by atoms with E-state index in [1.54, 1.807) is 14.2 Å². The molecule has 98 valence electrons. The molecule has 0 rings (SSSR count). The molecule has 2 atom stereocenters. The van der Waals surface area contributed by atoms with Gasteiger partial charge in [-0.2, -0.15) is 0 Å². The molecule has 0 aliphatic heterocycles. The highest BCUT2D eigenvalue weighted by atomic mass is 16.5. The Balaban J connectivity index is 4.29. The Kier molecular flexibility index (Phi) is 9.92.